The molecule has 1 aliphatic heterocycles. The monoisotopic (exact) mass is 468 g/mol. The van der Waals surface area contributed by atoms with Crippen molar-refractivity contribution in [2.75, 3.05) is 53.2 Å². The molecule has 1 aliphatic carbocycles. The van der Waals surface area contributed by atoms with Crippen molar-refractivity contribution in [3.63, 3.8) is 0 Å². The maximum atomic E-state index is 12.5. The van der Waals surface area contributed by atoms with Gasteiger partial charge < -0.3 is 24.3 Å². The van der Waals surface area contributed by atoms with Crippen LogP contribution >= 0.6 is 11.6 Å². The number of morpholine rings is 1. The Hall–Kier alpha value is -2.03. The van der Waals surface area contributed by atoms with Gasteiger partial charge in [-0.2, -0.15) is 0 Å². The van der Waals surface area contributed by atoms with Gasteiger partial charge in [-0.1, -0.05) is 30.9 Å². The van der Waals surface area contributed by atoms with E-state index in [1.807, 2.05) is 6.92 Å². The van der Waals surface area contributed by atoms with Gasteiger partial charge >= 0.3 is 5.97 Å². The number of methoxy groups -OCH3 is 1. The molecule has 0 aromatic heterocycles. The molecular weight excluding hydrogens is 436 g/mol. The molecule has 3 rings (SSSR count). The van der Waals surface area contributed by atoms with Gasteiger partial charge in [0, 0.05) is 25.2 Å². The van der Waals surface area contributed by atoms with E-state index in [4.69, 9.17) is 30.5 Å². The molecule has 1 aromatic rings. The van der Waals surface area contributed by atoms with Gasteiger partial charge in [0.1, 0.15) is 0 Å². The van der Waals surface area contributed by atoms with Gasteiger partial charge in [-0.3, -0.25) is 9.69 Å². The third-order valence-corrected chi connectivity index (χ3v) is 6.45. The maximum absolute atomic E-state index is 12.5. The second-order valence-electron chi connectivity index (χ2n) is 8.16. The minimum atomic E-state index is -0.649. The van der Waals surface area contributed by atoms with Gasteiger partial charge in [0.05, 0.1) is 37.5 Å². The highest BCUT2D eigenvalue weighted by Gasteiger charge is 2.38. The van der Waals surface area contributed by atoms with E-state index in [1.165, 1.54) is 25.7 Å². The number of carbonyl (C=O) groups excluding carboxylic acids is 2. The summed E-state index contributed by atoms with van der Waals surface area (Å²) >= 11 is 6.22. The lowest BCUT2D eigenvalue weighted by molar-refractivity contribution is -0.125. The maximum Gasteiger partial charge on any atom is 0.338 e. The van der Waals surface area contributed by atoms with Crippen molar-refractivity contribution in [1.29, 1.82) is 0 Å². The lowest BCUT2D eigenvalue weighted by atomic mass is 9.79. The van der Waals surface area contributed by atoms with Gasteiger partial charge in [-0.15, -0.1) is 0 Å². The minimum absolute atomic E-state index is 0.0439. The van der Waals surface area contributed by atoms with E-state index < -0.39 is 5.97 Å². The van der Waals surface area contributed by atoms with E-state index in [-0.39, 0.29) is 28.6 Å². The summed E-state index contributed by atoms with van der Waals surface area (Å²) in [6.45, 7) is 5.63. The number of carbonyl (C=O) groups is 2. The molecule has 9 heteroatoms. The average molecular weight is 469 g/mol. The van der Waals surface area contributed by atoms with Gasteiger partial charge in [-0.05, 0) is 31.9 Å². The molecule has 0 atom stereocenters. The number of hydrogen-bond donors (Lipinski definition) is 1. The topological polar surface area (TPSA) is 86.3 Å². The fourth-order valence-electron chi connectivity index (χ4n) is 4.50. The Morgan fingerprint density at radius 2 is 1.91 bits per heavy atom. The zero-order valence-corrected chi connectivity index (χ0v) is 19.7. The first-order valence-corrected chi connectivity index (χ1v) is 11.6. The molecule has 2 aliphatic rings. The zero-order valence-electron chi connectivity index (χ0n) is 18.9. The molecule has 1 heterocycles. The summed E-state index contributed by atoms with van der Waals surface area (Å²) in [6.07, 6.45) is 5.64. The van der Waals surface area contributed by atoms with Gasteiger partial charge in [0.25, 0.3) is 5.91 Å². The highest BCUT2D eigenvalue weighted by Crippen LogP contribution is 2.37. The molecule has 0 radical (unpaired) electrons. The van der Waals surface area contributed by atoms with E-state index in [2.05, 4.69) is 10.2 Å². The molecule has 0 bridgehead atoms. The van der Waals surface area contributed by atoms with Crippen molar-refractivity contribution >= 4 is 23.5 Å². The fourth-order valence-corrected chi connectivity index (χ4v) is 4.77. The normalized spacial score (nSPS) is 18.6. The smallest absolute Gasteiger partial charge is 0.338 e. The summed E-state index contributed by atoms with van der Waals surface area (Å²) < 4.78 is 21.4. The predicted octanol–water partition coefficient (Wildman–Crippen LogP) is 3.06. The minimum Gasteiger partial charge on any atom is -0.493 e. The standard InChI is InChI=1S/C23H33ClN2O6/c1-3-31-21-18(24)13-17(14-19(21)29-2)22(28)32-15-20(27)25-16-23(7-5-4-6-8-23)26-9-11-30-12-10-26/h13-14H,3-12,15-16H2,1-2H3,(H,25,27). The third-order valence-electron chi connectivity index (χ3n) is 6.17. The molecule has 1 saturated carbocycles. The van der Waals surface area contributed by atoms with Crippen LogP contribution in [-0.2, 0) is 14.3 Å². The third kappa shape index (κ3) is 6.05. The van der Waals surface area contributed by atoms with Crippen LogP contribution in [0, 0.1) is 0 Å². The van der Waals surface area contributed by atoms with Crippen molar-refractivity contribution < 1.29 is 28.5 Å². The number of esters is 1. The Morgan fingerprint density at radius 1 is 1.19 bits per heavy atom. The van der Waals surface area contributed by atoms with E-state index in [1.54, 1.807) is 0 Å². The number of halogens is 1. The molecule has 1 aromatic carbocycles. The highest BCUT2D eigenvalue weighted by atomic mass is 35.5. The molecule has 8 nitrogen and oxygen atoms in total. The number of rotatable bonds is 9. The van der Waals surface area contributed by atoms with Crippen molar-refractivity contribution in [2.45, 2.75) is 44.6 Å². The quantitative estimate of drug-likeness (QED) is 0.557. The van der Waals surface area contributed by atoms with E-state index in [0.717, 1.165) is 52.0 Å². The van der Waals surface area contributed by atoms with Gasteiger partial charge in [0.2, 0.25) is 0 Å². The van der Waals surface area contributed by atoms with E-state index >= 15 is 0 Å². The predicted molar refractivity (Wildman–Crippen MR) is 121 cm³/mol. The van der Waals surface area contributed by atoms with Crippen LogP contribution in [0.4, 0.5) is 0 Å². The second-order valence-corrected chi connectivity index (χ2v) is 8.57. The van der Waals surface area contributed by atoms with Crippen LogP contribution in [0.15, 0.2) is 12.1 Å². The summed E-state index contributed by atoms with van der Waals surface area (Å²) in [5, 5.41) is 3.23. The van der Waals surface area contributed by atoms with Crippen molar-refractivity contribution in [1.82, 2.24) is 10.2 Å². The molecule has 32 heavy (non-hydrogen) atoms. The Morgan fingerprint density at radius 3 is 2.56 bits per heavy atom. The molecule has 1 amide bonds. The lowest BCUT2D eigenvalue weighted by Gasteiger charge is -2.48. The van der Waals surface area contributed by atoms with Crippen molar-refractivity contribution in [3.8, 4) is 11.5 Å². The number of hydrogen-bond acceptors (Lipinski definition) is 7. The lowest BCUT2D eigenvalue weighted by Crippen LogP contribution is -2.59. The van der Waals surface area contributed by atoms with Crippen LogP contribution in [0.25, 0.3) is 0 Å². The van der Waals surface area contributed by atoms with Gasteiger partial charge in [-0.25, -0.2) is 4.79 Å². The number of benzene rings is 1. The van der Waals surface area contributed by atoms with E-state index in [0.29, 0.717) is 24.7 Å². The SMILES string of the molecule is CCOc1c(Cl)cc(C(=O)OCC(=O)NCC2(N3CCOCC3)CCCCC2)cc1OC. The summed E-state index contributed by atoms with van der Waals surface area (Å²) in [4.78, 5) is 27.4. The van der Waals surface area contributed by atoms with Crippen LogP contribution in [0.2, 0.25) is 5.02 Å². The summed E-state index contributed by atoms with van der Waals surface area (Å²) in [7, 11) is 1.46. The Bertz CT molecular complexity index is 791. The van der Waals surface area contributed by atoms with Crippen LogP contribution in [0.3, 0.4) is 0 Å². The molecule has 0 unspecified atom stereocenters. The van der Waals surface area contributed by atoms with Crippen LogP contribution in [0.1, 0.15) is 49.4 Å². The summed E-state index contributed by atoms with van der Waals surface area (Å²) in [5.74, 6) is -0.267. The molecule has 178 valence electrons. The Kier molecular flexibility index (Phi) is 9.02. The van der Waals surface area contributed by atoms with Gasteiger partial charge in [0.15, 0.2) is 18.1 Å². The van der Waals surface area contributed by atoms with Crippen LogP contribution in [0.5, 0.6) is 11.5 Å². The first kappa shape index (κ1) is 24.6. The summed E-state index contributed by atoms with van der Waals surface area (Å²) in [6, 6.07) is 2.94. The number of ether oxygens (including phenoxy) is 4. The first-order chi connectivity index (χ1) is 15.5. The van der Waals surface area contributed by atoms with Crippen molar-refractivity contribution in [3.05, 3.63) is 22.7 Å². The second kappa shape index (κ2) is 11.7. The van der Waals surface area contributed by atoms with Crippen molar-refractivity contribution in [2.24, 2.45) is 0 Å². The largest absolute Gasteiger partial charge is 0.493 e. The molecule has 2 fully saturated rings. The molecular formula is C23H33ClN2O6. The first-order valence-electron chi connectivity index (χ1n) is 11.3. The summed E-state index contributed by atoms with van der Waals surface area (Å²) in [5.41, 5.74) is 0.151. The molecule has 1 saturated heterocycles. The number of nitrogens with zero attached hydrogens (tertiary/aromatic N) is 1. The Labute approximate surface area is 194 Å². The van der Waals surface area contributed by atoms with Crippen LogP contribution in [-0.4, -0.2) is 75.5 Å². The van der Waals surface area contributed by atoms with Crippen LogP contribution < -0.4 is 14.8 Å². The number of amides is 1. The Balaban J connectivity index is 1.56. The van der Waals surface area contributed by atoms with E-state index in [9.17, 15) is 9.59 Å². The molecule has 1 N–H and O–H groups in total. The number of nitrogens with one attached hydrogen (secondary N) is 1. The molecule has 0 spiro atoms. The highest BCUT2D eigenvalue weighted by molar-refractivity contribution is 6.32. The fraction of sp³-hybridized carbons (Fsp3) is 0.652. The zero-order chi connectivity index (χ0) is 23.0. The average Bonchev–Trinajstić information content (AvgIpc) is 2.83.